The summed E-state index contributed by atoms with van der Waals surface area (Å²) in [6.07, 6.45) is 4.17. The van der Waals surface area contributed by atoms with Gasteiger partial charge in [-0.25, -0.2) is 13.5 Å². The first kappa shape index (κ1) is 18.8. The van der Waals surface area contributed by atoms with Gasteiger partial charge < -0.3 is 5.32 Å². The molecule has 1 fully saturated rings. The highest BCUT2D eigenvalue weighted by atomic mass is 35.5. The van der Waals surface area contributed by atoms with Crippen LogP contribution in [0.3, 0.4) is 0 Å². The lowest BCUT2D eigenvalue weighted by Crippen LogP contribution is -2.38. The maximum absolute atomic E-state index is 13.8. The maximum atomic E-state index is 13.8. The maximum Gasteiger partial charge on any atom is 0.151 e. The summed E-state index contributed by atoms with van der Waals surface area (Å²) in [7, 11) is 1.98. The van der Waals surface area contributed by atoms with Crippen molar-refractivity contribution in [1.82, 2.24) is 20.0 Å². The van der Waals surface area contributed by atoms with E-state index < -0.39 is 11.6 Å². The van der Waals surface area contributed by atoms with Crippen molar-refractivity contribution in [3.63, 3.8) is 0 Å². The van der Waals surface area contributed by atoms with E-state index in [0.717, 1.165) is 37.9 Å². The van der Waals surface area contributed by atoms with Gasteiger partial charge in [-0.05, 0) is 57.1 Å². The smallest absolute Gasteiger partial charge is 0.151 e. The number of hydrogen-bond donors (Lipinski definition) is 1. The molecule has 1 N–H and O–H groups in total. The van der Waals surface area contributed by atoms with Gasteiger partial charge in [-0.15, -0.1) is 12.4 Å². The molecule has 0 spiro atoms. The van der Waals surface area contributed by atoms with Crippen LogP contribution in [-0.4, -0.2) is 41.4 Å². The summed E-state index contributed by atoms with van der Waals surface area (Å²) in [5.41, 5.74) is 1.17. The molecule has 7 heteroatoms. The third kappa shape index (κ3) is 4.53. The predicted molar refractivity (Wildman–Crippen MR) is 92.7 cm³/mol. The van der Waals surface area contributed by atoms with Crippen LogP contribution in [0.5, 0.6) is 0 Å². The minimum absolute atomic E-state index is 0. The van der Waals surface area contributed by atoms with Crippen molar-refractivity contribution in [1.29, 1.82) is 0 Å². The van der Waals surface area contributed by atoms with Gasteiger partial charge in [0.25, 0.3) is 0 Å². The van der Waals surface area contributed by atoms with Crippen LogP contribution in [0.25, 0.3) is 5.69 Å². The van der Waals surface area contributed by atoms with Gasteiger partial charge in [0.05, 0.1) is 5.69 Å². The number of nitrogens with zero attached hydrogens (tertiary/aromatic N) is 3. The molecule has 24 heavy (non-hydrogen) atoms. The van der Waals surface area contributed by atoms with Gasteiger partial charge in [0, 0.05) is 25.4 Å². The zero-order chi connectivity index (χ0) is 16.2. The minimum Gasteiger partial charge on any atom is -0.319 e. The molecule has 1 unspecified atom stereocenters. The van der Waals surface area contributed by atoms with E-state index in [1.165, 1.54) is 29.7 Å². The zero-order valence-electron chi connectivity index (χ0n) is 13.7. The summed E-state index contributed by atoms with van der Waals surface area (Å²) in [6.45, 7) is 3.92. The van der Waals surface area contributed by atoms with Gasteiger partial charge in [-0.1, -0.05) is 0 Å². The largest absolute Gasteiger partial charge is 0.319 e. The number of likely N-dealkylation sites (tertiary alicyclic amines) is 1. The van der Waals surface area contributed by atoms with Gasteiger partial charge in [0.2, 0.25) is 0 Å². The topological polar surface area (TPSA) is 33.1 Å². The van der Waals surface area contributed by atoms with E-state index in [1.807, 2.05) is 13.1 Å². The van der Waals surface area contributed by atoms with Gasteiger partial charge in [0.15, 0.2) is 5.82 Å². The molecule has 1 saturated heterocycles. The van der Waals surface area contributed by atoms with Crippen LogP contribution in [0.4, 0.5) is 8.78 Å². The fraction of sp³-hybridized carbons (Fsp3) is 0.471. The molecule has 2 heterocycles. The molecule has 132 valence electrons. The van der Waals surface area contributed by atoms with E-state index >= 15 is 0 Å². The van der Waals surface area contributed by atoms with Gasteiger partial charge >= 0.3 is 0 Å². The van der Waals surface area contributed by atoms with Crippen molar-refractivity contribution < 1.29 is 8.78 Å². The van der Waals surface area contributed by atoms with Crippen LogP contribution in [0.2, 0.25) is 0 Å². The lowest BCUT2D eigenvalue weighted by Gasteiger charge is -2.32. The Kier molecular flexibility index (Phi) is 6.71. The zero-order valence-corrected chi connectivity index (χ0v) is 14.5. The average Bonchev–Trinajstić information content (AvgIpc) is 2.96. The lowest BCUT2D eigenvalue weighted by molar-refractivity contribution is 0.165. The normalized spacial score (nSPS) is 18.4. The molecule has 0 amide bonds. The standard InChI is InChI=1S/C17H22F2N4.ClH/c1-20-10-13-3-2-7-22(11-13)12-15-6-8-23(21-15)17-5-4-14(18)9-16(17)19;/h4-6,8-9,13,20H,2-3,7,10-12H2,1H3;1H. The van der Waals surface area contributed by atoms with Crippen LogP contribution in [-0.2, 0) is 6.54 Å². The second kappa shape index (κ2) is 8.55. The van der Waals surface area contributed by atoms with Crippen LogP contribution < -0.4 is 5.32 Å². The van der Waals surface area contributed by atoms with E-state index in [2.05, 4.69) is 15.3 Å². The first-order valence-corrected chi connectivity index (χ1v) is 8.02. The molecule has 1 atom stereocenters. The lowest BCUT2D eigenvalue weighted by atomic mass is 9.98. The second-order valence-electron chi connectivity index (χ2n) is 6.15. The Morgan fingerprint density at radius 1 is 1.29 bits per heavy atom. The fourth-order valence-corrected chi connectivity index (χ4v) is 3.23. The first-order chi connectivity index (χ1) is 11.2. The van der Waals surface area contributed by atoms with Crippen LogP contribution in [0, 0.1) is 17.6 Å². The average molecular weight is 357 g/mol. The van der Waals surface area contributed by atoms with Crippen molar-refractivity contribution in [2.24, 2.45) is 5.92 Å². The summed E-state index contributed by atoms with van der Waals surface area (Å²) in [6, 6.07) is 5.42. The highest BCUT2D eigenvalue weighted by Crippen LogP contribution is 2.19. The van der Waals surface area contributed by atoms with Crippen LogP contribution in [0.1, 0.15) is 18.5 Å². The van der Waals surface area contributed by atoms with Gasteiger partial charge in [0.1, 0.15) is 11.5 Å². The third-order valence-corrected chi connectivity index (χ3v) is 4.28. The molecule has 1 aliphatic heterocycles. The number of halogens is 3. The summed E-state index contributed by atoms with van der Waals surface area (Å²) >= 11 is 0. The molecular weight excluding hydrogens is 334 g/mol. The Morgan fingerprint density at radius 3 is 2.88 bits per heavy atom. The number of nitrogens with one attached hydrogen (secondary N) is 1. The summed E-state index contributed by atoms with van der Waals surface area (Å²) in [4.78, 5) is 2.39. The van der Waals surface area contributed by atoms with Crippen molar-refractivity contribution in [2.45, 2.75) is 19.4 Å². The molecule has 1 aromatic heterocycles. The molecule has 0 bridgehead atoms. The Morgan fingerprint density at radius 2 is 2.12 bits per heavy atom. The van der Waals surface area contributed by atoms with E-state index in [4.69, 9.17) is 0 Å². The predicted octanol–water partition coefficient (Wildman–Crippen LogP) is 3.00. The van der Waals surface area contributed by atoms with Gasteiger partial charge in [-0.2, -0.15) is 5.10 Å². The number of hydrogen-bond acceptors (Lipinski definition) is 3. The molecule has 2 aromatic rings. The monoisotopic (exact) mass is 356 g/mol. The molecule has 3 rings (SSSR count). The third-order valence-electron chi connectivity index (χ3n) is 4.28. The summed E-state index contributed by atoms with van der Waals surface area (Å²) in [5.74, 6) is -0.514. The summed E-state index contributed by atoms with van der Waals surface area (Å²) < 4.78 is 28.3. The van der Waals surface area contributed by atoms with E-state index in [0.29, 0.717) is 5.92 Å². The molecule has 1 aromatic carbocycles. The number of piperidine rings is 1. The number of rotatable bonds is 5. The molecular formula is C17H23ClF2N4. The molecule has 0 saturated carbocycles. The molecule has 1 aliphatic rings. The van der Waals surface area contributed by atoms with Crippen molar-refractivity contribution in [3.05, 3.63) is 47.8 Å². The van der Waals surface area contributed by atoms with Crippen LogP contribution >= 0.6 is 12.4 Å². The molecule has 0 aliphatic carbocycles. The molecule has 4 nitrogen and oxygen atoms in total. The van der Waals surface area contributed by atoms with E-state index in [9.17, 15) is 8.78 Å². The van der Waals surface area contributed by atoms with E-state index in [-0.39, 0.29) is 18.1 Å². The minimum atomic E-state index is -0.605. The number of aromatic nitrogens is 2. The second-order valence-corrected chi connectivity index (χ2v) is 6.15. The SMILES string of the molecule is CNCC1CCCN(Cc2ccn(-c3ccc(F)cc3F)n2)C1.Cl. The Hall–Kier alpha value is -1.50. The van der Waals surface area contributed by atoms with E-state index in [1.54, 1.807) is 6.20 Å². The van der Waals surface area contributed by atoms with Gasteiger partial charge in [-0.3, -0.25) is 4.90 Å². The van der Waals surface area contributed by atoms with Crippen LogP contribution in [0.15, 0.2) is 30.5 Å². The Balaban J connectivity index is 0.00000208. The first-order valence-electron chi connectivity index (χ1n) is 8.02. The summed E-state index contributed by atoms with van der Waals surface area (Å²) in [5, 5.41) is 7.67. The number of benzene rings is 1. The molecule has 0 radical (unpaired) electrons. The fourth-order valence-electron chi connectivity index (χ4n) is 3.23. The highest BCUT2D eigenvalue weighted by molar-refractivity contribution is 5.85. The quantitative estimate of drug-likeness (QED) is 0.894. The van der Waals surface area contributed by atoms with Crippen molar-refractivity contribution in [2.75, 3.05) is 26.7 Å². The Bertz CT molecular complexity index is 660. The van der Waals surface area contributed by atoms with Crippen molar-refractivity contribution in [3.8, 4) is 5.69 Å². The van der Waals surface area contributed by atoms with Crippen molar-refractivity contribution >= 4 is 12.4 Å². The highest BCUT2D eigenvalue weighted by Gasteiger charge is 2.20. The Labute approximate surface area is 147 Å².